The second-order valence-corrected chi connectivity index (χ2v) is 2.23. The molecule has 0 saturated heterocycles. The van der Waals surface area contributed by atoms with Crippen molar-refractivity contribution in [3.8, 4) is 11.6 Å². The van der Waals surface area contributed by atoms with Gasteiger partial charge in [0.25, 0.3) is 5.88 Å². The number of aromatic hydroxyl groups is 1. The van der Waals surface area contributed by atoms with E-state index in [2.05, 4.69) is 9.72 Å². The number of hydrogen-bond acceptors (Lipinski definition) is 4. The Bertz CT molecular complexity index is 352. The highest BCUT2D eigenvalue weighted by atomic mass is 19.4. The van der Waals surface area contributed by atoms with E-state index in [1.165, 1.54) is 0 Å². The lowest BCUT2D eigenvalue weighted by atomic mass is 10.4. The van der Waals surface area contributed by atoms with Crippen molar-refractivity contribution >= 4 is 5.82 Å². The Morgan fingerprint density at radius 3 is 2.50 bits per heavy atom. The van der Waals surface area contributed by atoms with Crippen molar-refractivity contribution in [1.29, 1.82) is 0 Å². The van der Waals surface area contributed by atoms with Crippen LogP contribution in [0.5, 0.6) is 11.6 Å². The molecule has 4 nitrogen and oxygen atoms in total. The molecule has 0 radical (unpaired) electrons. The van der Waals surface area contributed by atoms with Crippen molar-refractivity contribution in [3.63, 3.8) is 0 Å². The summed E-state index contributed by atoms with van der Waals surface area (Å²) in [6.07, 6.45) is -5.06. The molecule has 0 aliphatic heterocycles. The second kappa shape index (κ2) is 3.20. The van der Waals surface area contributed by atoms with Gasteiger partial charge in [0.2, 0.25) is 5.75 Å². The summed E-state index contributed by atoms with van der Waals surface area (Å²) in [6.45, 7) is 0. The van der Waals surface area contributed by atoms with Crippen LogP contribution in [0, 0.1) is 5.82 Å². The Morgan fingerprint density at radius 2 is 2.00 bits per heavy atom. The van der Waals surface area contributed by atoms with Gasteiger partial charge in [0.15, 0.2) is 5.82 Å². The molecule has 78 valence electrons. The van der Waals surface area contributed by atoms with Gasteiger partial charge in [0, 0.05) is 6.07 Å². The number of aromatic nitrogens is 1. The van der Waals surface area contributed by atoms with E-state index >= 15 is 0 Å². The van der Waals surface area contributed by atoms with Crippen LogP contribution in [0.4, 0.5) is 23.4 Å². The van der Waals surface area contributed by atoms with Crippen LogP contribution >= 0.6 is 0 Å². The summed E-state index contributed by atoms with van der Waals surface area (Å²) in [5.41, 5.74) is 4.94. The number of anilines is 1. The normalized spacial score (nSPS) is 11.4. The SMILES string of the molecule is Nc1cc(F)c(O)c(OC(F)(F)F)n1. The predicted octanol–water partition coefficient (Wildman–Crippen LogP) is 1.41. The predicted molar refractivity (Wildman–Crippen MR) is 37.0 cm³/mol. The van der Waals surface area contributed by atoms with Gasteiger partial charge >= 0.3 is 6.36 Å². The minimum Gasteiger partial charge on any atom is -0.501 e. The van der Waals surface area contributed by atoms with Gasteiger partial charge in [-0.05, 0) is 0 Å². The summed E-state index contributed by atoms with van der Waals surface area (Å²) < 4.78 is 50.8. The molecule has 0 aromatic carbocycles. The third-order valence-corrected chi connectivity index (χ3v) is 1.15. The monoisotopic (exact) mass is 212 g/mol. The molecule has 0 bridgehead atoms. The van der Waals surface area contributed by atoms with E-state index < -0.39 is 29.6 Å². The molecule has 0 unspecified atom stereocenters. The molecule has 0 saturated carbocycles. The fourth-order valence-electron chi connectivity index (χ4n) is 0.684. The standard InChI is InChI=1S/C6H4F4N2O2/c7-2-1-3(11)12-5(4(2)13)14-6(8,9)10/h1,13H,(H2,11,12). The zero-order valence-electron chi connectivity index (χ0n) is 6.47. The molecule has 3 N–H and O–H groups in total. The summed E-state index contributed by atoms with van der Waals surface area (Å²) in [6, 6.07) is 0.568. The Hall–Kier alpha value is -1.73. The Balaban J connectivity index is 3.09. The minimum absolute atomic E-state index is 0.528. The van der Waals surface area contributed by atoms with Crippen molar-refractivity contribution in [2.45, 2.75) is 6.36 Å². The van der Waals surface area contributed by atoms with Gasteiger partial charge in [-0.25, -0.2) is 4.39 Å². The van der Waals surface area contributed by atoms with Gasteiger partial charge in [-0.3, -0.25) is 0 Å². The maximum absolute atomic E-state index is 12.6. The summed E-state index contributed by atoms with van der Waals surface area (Å²) in [7, 11) is 0. The van der Waals surface area contributed by atoms with E-state index in [-0.39, 0.29) is 0 Å². The van der Waals surface area contributed by atoms with Gasteiger partial charge in [-0.1, -0.05) is 0 Å². The van der Waals surface area contributed by atoms with E-state index in [0.29, 0.717) is 6.07 Å². The first kappa shape index (κ1) is 10.4. The highest BCUT2D eigenvalue weighted by Crippen LogP contribution is 2.32. The summed E-state index contributed by atoms with van der Waals surface area (Å²) in [5.74, 6) is -4.51. The molecule has 1 aromatic heterocycles. The van der Waals surface area contributed by atoms with E-state index in [1.807, 2.05) is 0 Å². The van der Waals surface area contributed by atoms with Crippen molar-refractivity contribution in [2.24, 2.45) is 0 Å². The smallest absolute Gasteiger partial charge is 0.501 e. The molecule has 0 spiro atoms. The summed E-state index contributed by atoms with van der Waals surface area (Å²) in [4.78, 5) is 2.96. The first-order valence-electron chi connectivity index (χ1n) is 3.20. The summed E-state index contributed by atoms with van der Waals surface area (Å²) >= 11 is 0. The second-order valence-electron chi connectivity index (χ2n) is 2.23. The lowest BCUT2D eigenvalue weighted by Gasteiger charge is -2.09. The van der Waals surface area contributed by atoms with E-state index in [0.717, 1.165) is 0 Å². The molecule has 0 fully saturated rings. The van der Waals surface area contributed by atoms with Crippen LogP contribution in [0.15, 0.2) is 6.07 Å². The quantitative estimate of drug-likeness (QED) is 0.690. The van der Waals surface area contributed by atoms with Crippen LogP contribution in [0.2, 0.25) is 0 Å². The molecule has 14 heavy (non-hydrogen) atoms. The molecular weight excluding hydrogens is 208 g/mol. The first-order chi connectivity index (χ1) is 6.29. The van der Waals surface area contributed by atoms with E-state index in [4.69, 9.17) is 10.8 Å². The molecule has 1 aromatic rings. The van der Waals surface area contributed by atoms with Crippen LogP contribution in [0.1, 0.15) is 0 Å². The third kappa shape index (κ3) is 2.38. The van der Waals surface area contributed by atoms with Gasteiger partial charge < -0.3 is 15.6 Å². The van der Waals surface area contributed by atoms with Gasteiger partial charge in [-0.15, -0.1) is 13.2 Å². The lowest BCUT2D eigenvalue weighted by molar-refractivity contribution is -0.276. The molecule has 8 heteroatoms. The number of ether oxygens (including phenoxy) is 1. The molecule has 0 atom stereocenters. The number of alkyl halides is 3. The fourth-order valence-corrected chi connectivity index (χ4v) is 0.684. The lowest BCUT2D eigenvalue weighted by Crippen LogP contribution is -2.18. The first-order valence-corrected chi connectivity index (χ1v) is 3.20. The number of nitrogen functional groups attached to an aromatic ring is 1. The third-order valence-electron chi connectivity index (χ3n) is 1.15. The van der Waals surface area contributed by atoms with Crippen molar-refractivity contribution < 1.29 is 27.4 Å². The zero-order valence-corrected chi connectivity index (χ0v) is 6.47. The topological polar surface area (TPSA) is 68.4 Å². The maximum atomic E-state index is 12.6. The Kier molecular flexibility index (Phi) is 2.37. The van der Waals surface area contributed by atoms with Crippen molar-refractivity contribution in [2.75, 3.05) is 5.73 Å². The highest BCUT2D eigenvalue weighted by molar-refractivity contribution is 5.42. The summed E-state index contributed by atoms with van der Waals surface area (Å²) in [5, 5.41) is 8.77. The van der Waals surface area contributed by atoms with Crippen LogP contribution in [0.3, 0.4) is 0 Å². The highest BCUT2D eigenvalue weighted by Gasteiger charge is 2.34. The van der Waals surface area contributed by atoms with E-state index in [1.54, 1.807) is 0 Å². The molecule has 0 aliphatic rings. The average molecular weight is 212 g/mol. The number of nitrogens with two attached hydrogens (primary N) is 1. The van der Waals surface area contributed by atoms with Crippen LogP contribution in [-0.2, 0) is 0 Å². The number of nitrogens with zero attached hydrogens (tertiary/aromatic N) is 1. The van der Waals surface area contributed by atoms with Crippen molar-refractivity contribution in [1.82, 2.24) is 4.98 Å². The number of halogens is 4. The molecular formula is C6H4F4N2O2. The van der Waals surface area contributed by atoms with Crippen LogP contribution < -0.4 is 10.5 Å². The van der Waals surface area contributed by atoms with Gasteiger partial charge in [0.1, 0.15) is 5.82 Å². The van der Waals surface area contributed by atoms with Crippen molar-refractivity contribution in [3.05, 3.63) is 11.9 Å². The maximum Gasteiger partial charge on any atom is 0.574 e. The fraction of sp³-hybridized carbons (Fsp3) is 0.167. The number of pyridine rings is 1. The molecule has 0 amide bonds. The molecule has 0 aliphatic carbocycles. The molecule has 1 heterocycles. The number of hydrogen-bond donors (Lipinski definition) is 2. The zero-order chi connectivity index (χ0) is 10.9. The largest absolute Gasteiger partial charge is 0.574 e. The average Bonchev–Trinajstić information content (AvgIpc) is 1.96. The Morgan fingerprint density at radius 1 is 1.43 bits per heavy atom. The Labute approximate surface area is 74.9 Å². The molecule has 1 rings (SSSR count). The van der Waals surface area contributed by atoms with Gasteiger partial charge in [-0.2, -0.15) is 4.98 Å². The van der Waals surface area contributed by atoms with Crippen LogP contribution in [0.25, 0.3) is 0 Å². The number of rotatable bonds is 1. The van der Waals surface area contributed by atoms with Gasteiger partial charge in [0.05, 0.1) is 0 Å². The van der Waals surface area contributed by atoms with E-state index in [9.17, 15) is 17.6 Å². The van der Waals surface area contributed by atoms with Crippen LogP contribution in [-0.4, -0.2) is 16.5 Å². The minimum atomic E-state index is -5.06.